The van der Waals surface area contributed by atoms with Gasteiger partial charge >= 0.3 is 0 Å². The van der Waals surface area contributed by atoms with Crippen molar-refractivity contribution in [3.05, 3.63) is 29.6 Å². The molecule has 0 fully saturated rings. The van der Waals surface area contributed by atoms with E-state index in [1.165, 1.54) is 31.4 Å². The second kappa shape index (κ2) is 7.82. The minimum Gasteiger partial charge on any atom is -0.493 e. The lowest BCUT2D eigenvalue weighted by atomic mass is 10.2. The highest BCUT2D eigenvalue weighted by Gasteiger charge is 2.02. The van der Waals surface area contributed by atoms with Crippen molar-refractivity contribution >= 4 is 6.29 Å². The molecule has 17 heavy (non-hydrogen) atoms. The molecule has 94 valence electrons. The van der Waals surface area contributed by atoms with Gasteiger partial charge in [0.25, 0.3) is 0 Å². The first-order valence-corrected chi connectivity index (χ1v) is 6.15. The molecule has 0 atom stereocenters. The maximum atomic E-state index is 13.2. The van der Waals surface area contributed by atoms with Crippen LogP contribution in [0.1, 0.15) is 49.4 Å². The van der Waals surface area contributed by atoms with Crippen molar-refractivity contribution in [1.82, 2.24) is 0 Å². The van der Waals surface area contributed by atoms with Gasteiger partial charge in [0.05, 0.1) is 12.2 Å². The zero-order valence-corrected chi connectivity index (χ0v) is 10.2. The van der Waals surface area contributed by atoms with Crippen LogP contribution in [0.4, 0.5) is 4.39 Å². The van der Waals surface area contributed by atoms with Gasteiger partial charge in [-0.05, 0) is 18.6 Å². The third kappa shape index (κ3) is 4.98. The highest BCUT2D eigenvalue weighted by Crippen LogP contribution is 2.16. The Bertz CT molecular complexity index is 350. The Morgan fingerprint density at radius 1 is 1.24 bits per heavy atom. The molecule has 1 aromatic carbocycles. The Labute approximate surface area is 102 Å². The van der Waals surface area contributed by atoms with E-state index >= 15 is 0 Å². The summed E-state index contributed by atoms with van der Waals surface area (Å²) in [6.07, 6.45) is 6.32. The Hall–Kier alpha value is -1.38. The first kappa shape index (κ1) is 13.7. The second-order valence-electron chi connectivity index (χ2n) is 4.06. The van der Waals surface area contributed by atoms with E-state index in [1.54, 1.807) is 6.07 Å². The number of carbonyl (C=O) groups is 1. The van der Waals surface area contributed by atoms with E-state index in [-0.39, 0.29) is 5.56 Å². The number of hydrogen-bond donors (Lipinski definition) is 0. The molecular weight excluding hydrogens is 219 g/mol. The lowest BCUT2D eigenvalue weighted by Gasteiger charge is -2.06. The van der Waals surface area contributed by atoms with Gasteiger partial charge in [0.15, 0.2) is 6.29 Å². The van der Waals surface area contributed by atoms with E-state index in [1.807, 2.05) is 0 Å². The van der Waals surface area contributed by atoms with Crippen LogP contribution < -0.4 is 4.74 Å². The standard InChI is InChI=1S/C14H19FO2/c1-2-3-4-5-6-9-17-13-8-7-12(11-16)14(15)10-13/h7-8,10-11H,2-6,9H2,1H3. The highest BCUT2D eigenvalue weighted by atomic mass is 19.1. The van der Waals surface area contributed by atoms with Gasteiger partial charge in [-0.1, -0.05) is 32.6 Å². The number of aldehydes is 1. The summed E-state index contributed by atoms with van der Waals surface area (Å²) in [6.45, 7) is 2.78. The van der Waals surface area contributed by atoms with Gasteiger partial charge in [0.1, 0.15) is 11.6 Å². The summed E-state index contributed by atoms with van der Waals surface area (Å²) in [7, 11) is 0. The minimum absolute atomic E-state index is 0.0697. The maximum absolute atomic E-state index is 13.2. The van der Waals surface area contributed by atoms with Crippen LogP contribution in [0.15, 0.2) is 18.2 Å². The molecule has 0 saturated carbocycles. The third-order valence-corrected chi connectivity index (χ3v) is 2.62. The molecule has 3 heteroatoms. The monoisotopic (exact) mass is 238 g/mol. The maximum Gasteiger partial charge on any atom is 0.152 e. The summed E-state index contributed by atoms with van der Waals surface area (Å²) in [5.41, 5.74) is 0.0697. The van der Waals surface area contributed by atoms with Crippen molar-refractivity contribution < 1.29 is 13.9 Å². The summed E-state index contributed by atoms with van der Waals surface area (Å²) in [5, 5.41) is 0. The van der Waals surface area contributed by atoms with Crippen molar-refractivity contribution in [3.8, 4) is 5.75 Å². The smallest absolute Gasteiger partial charge is 0.152 e. The van der Waals surface area contributed by atoms with E-state index in [0.29, 0.717) is 18.6 Å². The average Bonchev–Trinajstić information content (AvgIpc) is 2.34. The van der Waals surface area contributed by atoms with Crippen LogP contribution in [0.25, 0.3) is 0 Å². The molecule has 0 spiro atoms. The van der Waals surface area contributed by atoms with Gasteiger partial charge in [-0.2, -0.15) is 0 Å². The lowest BCUT2D eigenvalue weighted by molar-refractivity contribution is 0.111. The quantitative estimate of drug-likeness (QED) is 0.505. The minimum atomic E-state index is -0.525. The van der Waals surface area contributed by atoms with E-state index in [4.69, 9.17) is 4.74 Å². The van der Waals surface area contributed by atoms with Gasteiger partial charge < -0.3 is 4.74 Å². The number of carbonyl (C=O) groups excluding carboxylic acids is 1. The fraction of sp³-hybridized carbons (Fsp3) is 0.500. The summed E-state index contributed by atoms with van der Waals surface area (Å²) < 4.78 is 18.6. The normalized spacial score (nSPS) is 10.2. The number of rotatable bonds is 8. The van der Waals surface area contributed by atoms with E-state index in [9.17, 15) is 9.18 Å². The van der Waals surface area contributed by atoms with Crippen molar-refractivity contribution in [2.45, 2.75) is 39.0 Å². The number of unbranched alkanes of at least 4 members (excludes halogenated alkanes) is 4. The molecule has 1 aromatic rings. The van der Waals surface area contributed by atoms with E-state index < -0.39 is 5.82 Å². The number of benzene rings is 1. The Morgan fingerprint density at radius 2 is 2.00 bits per heavy atom. The van der Waals surface area contributed by atoms with Gasteiger partial charge in [0.2, 0.25) is 0 Å². The van der Waals surface area contributed by atoms with Crippen molar-refractivity contribution in [2.75, 3.05) is 6.61 Å². The number of hydrogen-bond acceptors (Lipinski definition) is 2. The van der Waals surface area contributed by atoms with Crippen molar-refractivity contribution in [1.29, 1.82) is 0 Å². The zero-order chi connectivity index (χ0) is 12.5. The molecule has 0 N–H and O–H groups in total. The van der Waals surface area contributed by atoms with Crippen LogP contribution in [0.3, 0.4) is 0 Å². The molecule has 0 aliphatic carbocycles. The predicted octanol–water partition coefficient (Wildman–Crippen LogP) is 3.99. The highest BCUT2D eigenvalue weighted by molar-refractivity contribution is 5.75. The van der Waals surface area contributed by atoms with Gasteiger partial charge in [-0.15, -0.1) is 0 Å². The van der Waals surface area contributed by atoms with Gasteiger partial charge in [0, 0.05) is 6.07 Å². The summed E-state index contributed by atoms with van der Waals surface area (Å²) in [5.74, 6) is -0.0351. The first-order valence-electron chi connectivity index (χ1n) is 6.15. The summed E-state index contributed by atoms with van der Waals surface area (Å²) in [4.78, 5) is 10.4. The molecule has 0 aliphatic heterocycles. The molecule has 0 aromatic heterocycles. The predicted molar refractivity (Wildman–Crippen MR) is 66.0 cm³/mol. The van der Waals surface area contributed by atoms with Gasteiger partial charge in [-0.25, -0.2) is 4.39 Å². The largest absolute Gasteiger partial charge is 0.493 e. The van der Waals surface area contributed by atoms with E-state index in [2.05, 4.69) is 6.92 Å². The van der Waals surface area contributed by atoms with Crippen LogP contribution >= 0.6 is 0 Å². The molecule has 0 saturated heterocycles. The fourth-order valence-electron chi connectivity index (χ4n) is 1.59. The average molecular weight is 238 g/mol. The zero-order valence-electron chi connectivity index (χ0n) is 10.2. The van der Waals surface area contributed by atoms with Crippen LogP contribution in [-0.4, -0.2) is 12.9 Å². The summed E-state index contributed by atoms with van der Waals surface area (Å²) in [6, 6.07) is 4.32. The third-order valence-electron chi connectivity index (χ3n) is 2.62. The van der Waals surface area contributed by atoms with Crippen molar-refractivity contribution in [3.63, 3.8) is 0 Å². The van der Waals surface area contributed by atoms with Crippen LogP contribution in [0, 0.1) is 5.82 Å². The topological polar surface area (TPSA) is 26.3 Å². The molecule has 2 nitrogen and oxygen atoms in total. The lowest BCUT2D eigenvalue weighted by Crippen LogP contribution is -1.98. The van der Waals surface area contributed by atoms with Crippen molar-refractivity contribution in [2.24, 2.45) is 0 Å². The second-order valence-corrected chi connectivity index (χ2v) is 4.06. The SMILES string of the molecule is CCCCCCCOc1ccc(C=O)c(F)c1. The fourth-order valence-corrected chi connectivity index (χ4v) is 1.59. The number of ether oxygens (including phenoxy) is 1. The van der Waals surface area contributed by atoms with E-state index in [0.717, 1.165) is 12.8 Å². The molecule has 0 unspecified atom stereocenters. The first-order chi connectivity index (χ1) is 8.27. The molecule has 1 rings (SSSR count). The molecular formula is C14H19FO2. The van der Waals surface area contributed by atoms with Crippen LogP contribution in [-0.2, 0) is 0 Å². The van der Waals surface area contributed by atoms with Crippen LogP contribution in [0.5, 0.6) is 5.75 Å². The Morgan fingerprint density at radius 3 is 2.65 bits per heavy atom. The molecule has 0 aliphatic rings. The molecule has 0 amide bonds. The van der Waals surface area contributed by atoms with Gasteiger partial charge in [-0.3, -0.25) is 4.79 Å². The molecule has 0 heterocycles. The van der Waals surface area contributed by atoms with Crippen LogP contribution in [0.2, 0.25) is 0 Å². The summed E-state index contributed by atoms with van der Waals surface area (Å²) >= 11 is 0. The molecule has 0 radical (unpaired) electrons. The molecule has 0 bridgehead atoms. The Kier molecular flexibility index (Phi) is 6.30. The number of halogens is 1. The Balaban J connectivity index is 2.27.